The molecule has 1 heterocycles. The minimum atomic E-state index is -1.39. The van der Waals surface area contributed by atoms with Gasteiger partial charge in [-0.3, -0.25) is 0 Å². The van der Waals surface area contributed by atoms with Crippen LogP contribution in [0.1, 0.15) is 10.6 Å². The zero-order chi connectivity index (χ0) is 6.69. The molecule has 9 heavy (non-hydrogen) atoms. The summed E-state index contributed by atoms with van der Waals surface area (Å²) in [5.74, 6) is 0.380. The number of hydrogen-bond donors (Lipinski definition) is 0. The number of carbonyl (C=O) groups is 1. The van der Waals surface area contributed by atoms with Gasteiger partial charge in [0, 0.05) is 0 Å². The molecule has 0 bridgehead atoms. The molecule has 0 N–H and O–H groups in total. The molecular weight excluding hydrogens is 328 g/mol. The van der Waals surface area contributed by atoms with Crippen molar-refractivity contribution in [3.8, 4) is 0 Å². The van der Waals surface area contributed by atoms with E-state index in [4.69, 9.17) is 12.7 Å². The van der Waals surface area contributed by atoms with E-state index in [1.807, 2.05) is 0 Å². The summed E-state index contributed by atoms with van der Waals surface area (Å²) in [4.78, 5) is 10.0. The van der Waals surface area contributed by atoms with Crippen molar-refractivity contribution in [2.24, 2.45) is 0 Å². The molecule has 0 atom stereocenters. The molecule has 1 aromatic heterocycles. The maximum absolute atomic E-state index is 10.0. The van der Waals surface area contributed by atoms with Gasteiger partial charge in [-0.15, -0.1) is 0 Å². The molecule has 0 fully saturated rings. The summed E-state index contributed by atoms with van der Waals surface area (Å²) in [6.07, 6.45) is 0.684. The molecular formula is C5H3ClHgO2. The molecule has 1 rings (SSSR count). The second-order valence-corrected chi connectivity index (χ2v) is 7.65. The molecule has 0 unspecified atom stereocenters. The number of rotatable bonds is 2. The van der Waals surface area contributed by atoms with Gasteiger partial charge >= 0.3 is 68.2 Å². The first-order valence-electron chi connectivity index (χ1n) is 2.46. The van der Waals surface area contributed by atoms with Crippen LogP contribution in [0.3, 0.4) is 0 Å². The summed E-state index contributed by atoms with van der Waals surface area (Å²) >= 11 is -1.39. The Labute approximate surface area is 68.1 Å². The fraction of sp³-hybridized carbons (Fsp3) is 0. The summed E-state index contributed by atoms with van der Waals surface area (Å²) < 4.78 is 5.83. The van der Waals surface area contributed by atoms with Gasteiger partial charge in [-0.1, -0.05) is 0 Å². The molecule has 1 aromatic rings. The Hall–Kier alpha value is 0.175. The molecule has 0 aromatic carbocycles. The van der Waals surface area contributed by atoms with E-state index in [9.17, 15) is 4.79 Å². The minimum absolute atomic E-state index is 0.380. The Morgan fingerprint density at radius 1 is 1.67 bits per heavy atom. The zero-order valence-electron chi connectivity index (χ0n) is 4.63. The second-order valence-electron chi connectivity index (χ2n) is 1.56. The average Bonchev–Trinajstić information content (AvgIpc) is 2.34. The van der Waals surface area contributed by atoms with Gasteiger partial charge in [-0.05, 0) is 0 Å². The predicted octanol–water partition coefficient (Wildman–Crippen LogP) is 0.954. The fourth-order valence-corrected chi connectivity index (χ4v) is 3.45. The van der Waals surface area contributed by atoms with Crippen molar-refractivity contribution in [3.63, 3.8) is 0 Å². The van der Waals surface area contributed by atoms with Crippen LogP contribution in [-0.2, 0) is 23.3 Å². The number of furan rings is 1. The molecule has 0 aliphatic carbocycles. The van der Waals surface area contributed by atoms with Gasteiger partial charge in [-0.2, -0.15) is 0 Å². The number of halogens is 1. The number of carbonyl (C=O) groups excluding carboxylic acids is 1. The van der Waals surface area contributed by atoms with Crippen LogP contribution in [-0.4, -0.2) is 6.29 Å². The molecule has 0 radical (unpaired) electrons. The first-order chi connectivity index (χ1) is 4.36. The average molecular weight is 331 g/mol. The predicted molar refractivity (Wildman–Crippen MR) is 29.6 cm³/mol. The van der Waals surface area contributed by atoms with Crippen LogP contribution in [0.5, 0.6) is 0 Å². The third-order valence-corrected chi connectivity index (χ3v) is 5.74. The zero-order valence-corrected chi connectivity index (χ0v) is 10.9. The normalized spacial score (nSPS) is 8.56. The first-order valence-corrected chi connectivity index (χ1v) is 12.0. The Morgan fingerprint density at radius 3 is 2.78 bits per heavy atom. The first kappa shape index (κ1) is 7.28. The van der Waals surface area contributed by atoms with Crippen molar-refractivity contribution in [1.29, 1.82) is 0 Å². The van der Waals surface area contributed by atoms with Gasteiger partial charge < -0.3 is 0 Å². The van der Waals surface area contributed by atoms with E-state index >= 15 is 0 Å². The molecule has 0 saturated carbocycles. The molecule has 4 heteroatoms. The monoisotopic (exact) mass is 332 g/mol. The molecule has 0 aliphatic rings. The van der Waals surface area contributed by atoms with E-state index in [0.29, 0.717) is 12.0 Å². The SMILES string of the molecule is O=Cc1cc[c]([Hg][Cl])o1. The van der Waals surface area contributed by atoms with E-state index in [1.54, 1.807) is 12.1 Å². The standard InChI is InChI=1S/C5H3O2.ClH.Hg/c6-4-5-2-1-3-7-5;;/h1-2,4H;1H;/q;;+1/p-1. The van der Waals surface area contributed by atoms with E-state index < -0.39 is 23.3 Å². The van der Waals surface area contributed by atoms with E-state index in [0.717, 1.165) is 3.27 Å². The summed E-state index contributed by atoms with van der Waals surface area (Å²) in [5.41, 5.74) is 0. The third kappa shape index (κ3) is 1.80. The van der Waals surface area contributed by atoms with Crippen LogP contribution in [0.25, 0.3) is 0 Å². The molecule has 0 spiro atoms. The van der Waals surface area contributed by atoms with Crippen molar-refractivity contribution < 1.29 is 32.6 Å². The van der Waals surface area contributed by atoms with Gasteiger partial charge in [0.25, 0.3) is 0 Å². The summed E-state index contributed by atoms with van der Waals surface area (Å²) in [6.45, 7) is 0. The van der Waals surface area contributed by atoms with E-state index in [-0.39, 0.29) is 0 Å². The van der Waals surface area contributed by atoms with Crippen molar-refractivity contribution in [2.45, 2.75) is 0 Å². The van der Waals surface area contributed by atoms with Crippen LogP contribution < -0.4 is 3.27 Å². The van der Waals surface area contributed by atoms with Crippen LogP contribution in [0.2, 0.25) is 0 Å². The Morgan fingerprint density at radius 2 is 2.44 bits per heavy atom. The Kier molecular flexibility index (Phi) is 2.73. The van der Waals surface area contributed by atoms with Gasteiger partial charge in [-0.25, -0.2) is 0 Å². The van der Waals surface area contributed by atoms with Crippen molar-refractivity contribution >= 4 is 17.8 Å². The van der Waals surface area contributed by atoms with Gasteiger partial charge in [0.05, 0.1) is 0 Å². The third-order valence-electron chi connectivity index (χ3n) is 0.930. The van der Waals surface area contributed by atoms with Crippen molar-refractivity contribution in [1.82, 2.24) is 0 Å². The second kappa shape index (κ2) is 3.37. The van der Waals surface area contributed by atoms with E-state index in [2.05, 4.69) is 0 Å². The van der Waals surface area contributed by atoms with Gasteiger partial charge in [0.1, 0.15) is 0 Å². The van der Waals surface area contributed by atoms with Crippen LogP contribution >= 0.6 is 8.25 Å². The van der Waals surface area contributed by atoms with Crippen LogP contribution in [0.15, 0.2) is 16.5 Å². The number of hydrogen-bond acceptors (Lipinski definition) is 2. The molecule has 44 valence electrons. The van der Waals surface area contributed by atoms with Crippen molar-refractivity contribution in [2.75, 3.05) is 0 Å². The quantitative estimate of drug-likeness (QED) is 0.597. The fourth-order valence-electron chi connectivity index (χ4n) is 0.530. The van der Waals surface area contributed by atoms with E-state index in [1.165, 1.54) is 0 Å². The molecule has 0 aliphatic heterocycles. The molecule has 0 saturated heterocycles. The van der Waals surface area contributed by atoms with Crippen LogP contribution in [0.4, 0.5) is 0 Å². The topological polar surface area (TPSA) is 30.2 Å². The summed E-state index contributed by atoms with van der Waals surface area (Å²) in [6, 6.07) is 3.42. The molecule has 2 nitrogen and oxygen atoms in total. The molecule has 0 amide bonds. The Bertz CT molecular complexity index is 208. The van der Waals surface area contributed by atoms with Gasteiger partial charge in [0.2, 0.25) is 0 Å². The van der Waals surface area contributed by atoms with Crippen LogP contribution in [0, 0.1) is 0 Å². The number of aldehydes is 1. The summed E-state index contributed by atoms with van der Waals surface area (Å²) in [5, 5.41) is 0. The van der Waals surface area contributed by atoms with Crippen molar-refractivity contribution in [3.05, 3.63) is 17.9 Å². The Balaban J connectivity index is 2.86. The van der Waals surface area contributed by atoms with Gasteiger partial charge in [0.15, 0.2) is 0 Å². The maximum atomic E-state index is 10.0. The summed E-state index contributed by atoms with van der Waals surface area (Å²) in [7, 11) is 5.61.